The zero-order chi connectivity index (χ0) is 19.0. The summed E-state index contributed by atoms with van der Waals surface area (Å²) in [6, 6.07) is 6.93. The van der Waals surface area contributed by atoms with Gasteiger partial charge in [0.25, 0.3) is 5.95 Å². The predicted octanol–water partition coefficient (Wildman–Crippen LogP) is 3.04. The number of nitrogens with zero attached hydrogens (tertiary/aromatic N) is 2. The molecule has 2 aliphatic rings. The molecule has 1 saturated heterocycles. The minimum atomic E-state index is -0.790. The van der Waals surface area contributed by atoms with E-state index in [4.69, 9.17) is 4.74 Å². The fourth-order valence-electron chi connectivity index (χ4n) is 4.18. The topological polar surface area (TPSA) is 62.7 Å². The quantitative estimate of drug-likeness (QED) is 0.644. The van der Waals surface area contributed by atoms with E-state index in [9.17, 15) is 18.7 Å². The molecule has 1 saturated carbocycles. The molecule has 142 valence electrons. The first-order chi connectivity index (χ1) is 13.0. The average molecular weight is 374 g/mol. The Kier molecular flexibility index (Phi) is 4.78. The zero-order valence-corrected chi connectivity index (χ0v) is 14.6. The summed E-state index contributed by atoms with van der Waals surface area (Å²) in [5, 5.41) is 9.23. The van der Waals surface area contributed by atoms with Gasteiger partial charge in [0.2, 0.25) is 0 Å². The van der Waals surface area contributed by atoms with Gasteiger partial charge in [-0.05, 0) is 55.0 Å². The van der Waals surface area contributed by atoms with Crippen LogP contribution in [0.5, 0.6) is 11.5 Å². The standard InChI is InChI=1S/C20H20F2N2O3/c21-16-8-12(3-4-17(16)25)18(26)11-24-9-13-6-15(7-14(13)10-24)27-19-2-1-5-23-20(19)22/h1-5,8,13-15,25H,6-7,9-11H2/t13-,14+,15?. The van der Waals surface area contributed by atoms with Crippen molar-refractivity contribution in [2.45, 2.75) is 18.9 Å². The number of phenolic OH excluding ortho intramolecular Hbond substituents is 1. The van der Waals surface area contributed by atoms with E-state index in [0.29, 0.717) is 11.8 Å². The second-order valence-electron chi connectivity index (χ2n) is 7.31. The maximum Gasteiger partial charge on any atom is 0.255 e. The van der Waals surface area contributed by atoms with Gasteiger partial charge in [-0.1, -0.05) is 0 Å². The molecule has 3 atom stereocenters. The van der Waals surface area contributed by atoms with Crippen LogP contribution in [0, 0.1) is 23.6 Å². The molecule has 1 aromatic carbocycles. The van der Waals surface area contributed by atoms with E-state index in [1.54, 1.807) is 12.1 Å². The van der Waals surface area contributed by atoms with Crippen molar-refractivity contribution in [1.29, 1.82) is 0 Å². The number of aromatic hydroxyl groups is 1. The zero-order valence-electron chi connectivity index (χ0n) is 14.6. The Bertz CT molecular complexity index is 847. The molecule has 1 aliphatic carbocycles. The number of halogens is 2. The van der Waals surface area contributed by atoms with E-state index in [1.807, 2.05) is 0 Å². The molecule has 0 amide bonds. The van der Waals surface area contributed by atoms with E-state index >= 15 is 0 Å². The Morgan fingerprint density at radius 3 is 2.63 bits per heavy atom. The van der Waals surface area contributed by atoms with Crippen molar-refractivity contribution in [2.24, 2.45) is 11.8 Å². The minimum absolute atomic E-state index is 0.0391. The molecule has 7 heteroatoms. The molecule has 1 aliphatic heterocycles. The summed E-state index contributed by atoms with van der Waals surface area (Å²) in [7, 11) is 0. The number of carbonyl (C=O) groups excluding carboxylic acids is 1. The summed E-state index contributed by atoms with van der Waals surface area (Å²) in [5.74, 6) is -1.02. The SMILES string of the molecule is O=C(CN1C[C@H]2CC(Oc3cccnc3F)C[C@H]2C1)c1ccc(O)c(F)c1. The van der Waals surface area contributed by atoms with Crippen molar-refractivity contribution >= 4 is 5.78 Å². The number of hydrogen-bond acceptors (Lipinski definition) is 5. The molecule has 4 rings (SSSR count). The van der Waals surface area contributed by atoms with Crippen LogP contribution >= 0.6 is 0 Å². The number of fused-ring (bicyclic) bond motifs is 1. The number of pyridine rings is 1. The van der Waals surface area contributed by atoms with Gasteiger partial charge in [0.15, 0.2) is 23.1 Å². The number of phenols is 1. The van der Waals surface area contributed by atoms with Crippen LogP contribution in [0.4, 0.5) is 8.78 Å². The Hall–Kier alpha value is -2.54. The fraction of sp³-hybridized carbons (Fsp3) is 0.400. The highest BCUT2D eigenvalue weighted by Crippen LogP contribution is 2.40. The maximum atomic E-state index is 13.6. The van der Waals surface area contributed by atoms with Gasteiger partial charge in [0.05, 0.1) is 12.6 Å². The molecule has 1 N–H and O–H groups in total. The summed E-state index contributed by atoms with van der Waals surface area (Å²) in [6.45, 7) is 1.76. The van der Waals surface area contributed by atoms with Gasteiger partial charge >= 0.3 is 0 Å². The highest BCUT2D eigenvalue weighted by molar-refractivity contribution is 5.97. The number of Topliss-reactive ketones (excluding diaryl/α,β-unsaturated/α-hetero) is 1. The first-order valence-corrected chi connectivity index (χ1v) is 9.01. The highest BCUT2D eigenvalue weighted by Gasteiger charge is 2.42. The van der Waals surface area contributed by atoms with Crippen LogP contribution in [0.2, 0.25) is 0 Å². The van der Waals surface area contributed by atoms with Crippen LogP contribution in [0.15, 0.2) is 36.5 Å². The largest absolute Gasteiger partial charge is 0.505 e. The molecule has 0 spiro atoms. The van der Waals surface area contributed by atoms with Gasteiger partial charge in [-0.25, -0.2) is 9.37 Å². The summed E-state index contributed by atoms with van der Waals surface area (Å²) >= 11 is 0. The molecular weight excluding hydrogens is 354 g/mol. The van der Waals surface area contributed by atoms with Crippen LogP contribution in [-0.2, 0) is 0 Å². The van der Waals surface area contributed by atoms with Crippen molar-refractivity contribution in [1.82, 2.24) is 9.88 Å². The molecule has 2 heterocycles. The lowest BCUT2D eigenvalue weighted by Gasteiger charge is -2.19. The highest BCUT2D eigenvalue weighted by atomic mass is 19.1. The lowest BCUT2D eigenvalue weighted by Crippen LogP contribution is -2.30. The number of benzene rings is 1. The smallest absolute Gasteiger partial charge is 0.255 e. The van der Waals surface area contributed by atoms with Crippen LogP contribution < -0.4 is 4.74 Å². The third-order valence-corrected chi connectivity index (χ3v) is 5.44. The first kappa shape index (κ1) is 17.9. The summed E-state index contributed by atoms with van der Waals surface area (Å²) in [4.78, 5) is 18.0. The number of likely N-dealkylation sites (tertiary alicyclic amines) is 1. The van der Waals surface area contributed by atoms with Crippen LogP contribution in [0.3, 0.4) is 0 Å². The molecule has 2 fully saturated rings. The van der Waals surface area contributed by atoms with Crippen molar-refractivity contribution in [3.63, 3.8) is 0 Å². The summed E-state index contributed by atoms with van der Waals surface area (Å²) in [5.41, 5.74) is 0.260. The van der Waals surface area contributed by atoms with E-state index < -0.39 is 17.5 Å². The van der Waals surface area contributed by atoms with Crippen LogP contribution in [0.1, 0.15) is 23.2 Å². The number of rotatable bonds is 5. The van der Waals surface area contributed by atoms with E-state index in [2.05, 4.69) is 9.88 Å². The lowest BCUT2D eigenvalue weighted by molar-refractivity contribution is 0.0935. The van der Waals surface area contributed by atoms with Gasteiger partial charge < -0.3 is 9.84 Å². The first-order valence-electron chi connectivity index (χ1n) is 9.01. The van der Waals surface area contributed by atoms with Crippen molar-refractivity contribution in [3.8, 4) is 11.5 Å². The molecule has 0 bridgehead atoms. The number of ether oxygens (including phenoxy) is 1. The van der Waals surface area contributed by atoms with Crippen molar-refractivity contribution < 1.29 is 23.4 Å². The second kappa shape index (κ2) is 7.23. The number of aromatic nitrogens is 1. The molecule has 27 heavy (non-hydrogen) atoms. The third-order valence-electron chi connectivity index (χ3n) is 5.44. The normalized spacial score (nSPS) is 24.7. The summed E-state index contributed by atoms with van der Waals surface area (Å²) < 4.78 is 32.8. The molecular formula is C20H20F2N2O3. The maximum absolute atomic E-state index is 13.6. The van der Waals surface area contributed by atoms with Crippen molar-refractivity contribution in [3.05, 3.63) is 53.9 Å². The van der Waals surface area contributed by atoms with E-state index in [-0.39, 0.29) is 29.7 Å². The average Bonchev–Trinajstić information content (AvgIpc) is 3.17. The number of hydrogen-bond donors (Lipinski definition) is 1. The van der Waals surface area contributed by atoms with Gasteiger partial charge in [-0.2, -0.15) is 4.39 Å². The monoisotopic (exact) mass is 374 g/mol. The van der Waals surface area contributed by atoms with E-state index in [0.717, 1.165) is 32.0 Å². The third kappa shape index (κ3) is 3.78. The molecule has 1 unspecified atom stereocenters. The van der Waals surface area contributed by atoms with Crippen LogP contribution in [0.25, 0.3) is 0 Å². The minimum Gasteiger partial charge on any atom is -0.505 e. The Morgan fingerprint density at radius 2 is 1.96 bits per heavy atom. The predicted molar refractivity (Wildman–Crippen MR) is 93.7 cm³/mol. The van der Waals surface area contributed by atoms with Crippen LogP contribution in [-0.4, -0.2) is 46.5 Å². The lowest BCUT2D eigenvalue weighted by atomic mass is 10.0. The molecule has 1 aromatic heterocycles. The second-order valence-corrected chi connectivity index (χ2v) is 7.31. The molecule has 5 nitrogen and oxygen atoms in total. The fourth-order valence-corrected chi connectivity index (χ4v) is 4.18. The van der Waals surface area contributed by atoms with Crippen molar-refractivity contribution in [2.75, 3.05) is 19.6 Å². The molecule has 0 radical (unpaired) electrons. The van der Waals surface area contributed by atoms with Gasteiger partial charge in [-0.15, -0.1) is 0 Å². The Balaban J connectivity index is 1.31. The Labute approximate surface area is 155 Å². The van der Waals surface area contributed by atoms with Gasteiger partial charge in [0, 0.05) is 24.8 Å². The number of carbonyl (C=O) groups is 1. The molecule has 2 aromatic rings. The van der Waals surface area contributed by atoms with Gasteiger partial charge in [0.1, 0.15) is 0 Å². The van der Waals surface area contributed by atoms with Gasteiger partial charge in [-0.3, -0.25) is 9.69 Å². The number of ketones is 1. The summed E-state index contributed by atoms with van der Waals surface area (Å²) in [6.07, 6.45) is 2.98. The van der Waals surface area contributed by atoms with E-state index in [1.165, 1.54) is 18.3 Å². The Morgan fingerprint density at radius 1 is 1.22 bits per heavy atom.